The summed E-state index contributed by atoms with van der Waals surface area (Å²) in [6.45, 7) is 1.49. The van der Waals surface area contributed by atoms with Gasteiger partial charge in [0, 0.05) is 30.1 Å². The third-order valence-electron chi connectivity index (χ3n) is 6.14. The van der Waals surface area contributed by atoms with E-state index in [0.717, 1.165) is 18.5 Å². The maximum atomic E-state index is 14.5. The molecule has 0 bridgehead atoms. The van der Waals surface area contributed by atoms with Crippen LogP contribution in [0.5, 0.6) is 5.75 Å². The number of carboxylic acid groups (broad SMARTS) is 1. The van der Waals surface area contributed by atoms with Crippen LogP contribution in [0.15, 0.2) is 36.7 Å². The number of hydrogen-bond donors (Lipinski definition) is 3. The first-order valence-electron chi connectivity index (χ1n) is 10.5. The highest BCUT2D eigenvalue weighted by molar-refractivity contribution is 6.31. The Labute approximate surface area is 195 Å². The van der Waals surface area contributed by atoms with Crippen LogP contribution >= 0.6 is 11.6 Å². The number of aromatic nitrogens is 2. The predicted octanol–water partition coefficient (Wildman–Crippen LogP) is 3.81. The average Bonchev–Trinajstić information content (AvgIpc) is 2.82. The zero-order valence-corrected chi connectivity index (χ0v) is 19.1. The van der Waals surface area contributed by atoms with Gasteiger partial charge >= 0.3 is 5.97 Å². The lowest BCUT2D eigenvalue weighted by Crippen LogP contribution is -2.61. The van der Waals surface area contributed by atoms with E-state index in [-0.39, 0.29) is 10.7 Å². The van der Waals surface area contributed by atoms with Crippen molar-refractivity contribution in [2.24, 2.45) is 0 Å². The molecule has 1 aromatic heterocycles. The zero-order chi connectivity index (χ0) is 23.6. The summed E-state index contributed by atoms with van der Waals surface area (Å²) in [5.74, 6) is -0.455. The number of methoxy groups -OCH3 is 1. The number of benzene rings is 2. The number of halogens is 2. The van der Waals surface area contributed by atoms with Crippen LogP contribution in [0.2, 0.25) is 5.02 Å². The summed E-state index contributed by atoms with van der Waals surface area (Å²) >= 11 is 5.91. The molecule has 1 unspecified atom stereocenters. The van der Waals surface area contributed by atoms with Crippen molar-refractivity contribution in [2.75, 3.05) is 32.6 Å². The van der Waals surface area contributed by atoms with Gasteiger partial charge in [-0.15, -0.1) is 0 Å². The molecule has 0 saturated carbocycles. The van der Waals surface area contributed by atoms with E-state index in [1.807, 2.05) is 11.0 Å². The van der Waals surface area contributed by atoms with E-state index >= 15 is 0 Å². The topological polar surface area (TPSA) is 99.6 Å². The molecule has 3 N–H and O–H groups in total. The minimum atomic E-state index is -1.02. The Morgan fingerprint density at radius 1 is 1.39 bits per heavy atom. The quantitative estimate of drug-likeness (QED) is 0.476. The predicted molar refractivity (Wildman–Crippen MR) is 125 cm³/mol. The summed E-state index contributed by atoms with van der Waals surface area (Å²) in [5.41, 5.74) is 0.542. The number of ether oxygens (including phenoxy) is 1. The van der Waals surface area contributed by atoms with Crippen molar-refractivity contribution in [2.45, 2.75) is 24.9 Å². The number of aliphatic carboxylic acids is 1. The van der Waals surface area contributed by atoms with Gasteiger partial charge in [-0.25, -0.2) is 14.4 Å². The Morgan fingerprint density at radius 3 is 2.91 bits per heavy atom. The van der Waals surface area contributed by atoms with Crippen LogP contribution in [0, 0.1) is 5.82 Å². The van der Waals surface area contributed by atoms with Crippen LogP contribution in [-0.2, 0) is 11.3 Å². The van der Waals surface area contributed by atoms with Crippen LogP contribution in [-0.4, -0.2) is 58.7 Å². The molecule has 1 aliphatic heterocycles. The van der Waals surface area contributed by atoms with Crippen molar-refractivity contribution in [3.63, 3.8) is 0 Å². The molecule has 1 atom stereocenters. The van der Waals surface area contributed by atoms with E-state index in [1.54, 1.807) is 32.4 Å². The fourth-order valence-electron chi connectivity index (χ4n) is 4.24. The number of nitrogens with one attached hydrogen (secondary N) is 2. The second kappa shape index (κ2) is 9.46. The molecule has 1 fully saturated rings. The molecular weight excluding hydrogens is 449 g/mol. The van der Waals surface area contributed by atoms with E-state index in [9.17, 15) is 14.3 Å². The number of likely N-dealkylation sites (N-methyl/N-ethyl adjacent to an activating group) is 1. The average molecular weight is 474 g/mol. The fourth-order valence-corrected chi connectivity index (χ4v) is 4.41. The van der Waals surface area contributed by atoms with Gasteiger partial charge in [-0.3, -0.25) is 9.69 Å². The number of anilines is 2. The lowest BCUT2D eigenvalue weighted by Gasteiger charge is -2.41. The summed E-state index contributed by atoms with van der Waals surface area (Å²) in [6.07, 6.45) is 2.70. The Balaban J connectivity index is 1.73. The van der Waals surface area contributed by atoms with Crippen molar-refractivity contribution in [1.82, 2.24) is 20.2 Å². The van der Waals surface area contributed by atoms with Crippen molar-refractivity contribution < 1.29 is 19.0 Å². The van der Waals surface area contributed by atoms with Gasteiger partial charge in [0.2, 0.25) is 0 Å². The van der Waals surface area contributed by atoms with Crippen LogP contribution in [0.3, 0.4) is 0 Å². The molecule has 0 amide bonds. The summed E-state index contributed by atoms with van der Waals surface area (Å²) in [6, 6.07) is 8.30. The van der Waals surface area contributed by atoms with E-state index < -0.39 is 17.3 Å². The highest BCUT2D eigenvalue weighted by atomic mass is 35.5. The largest absolute Gasteiger partial charge is 0.496 e. The molecule has 1 saturated heterocycles. The summed E-state index contributed by atoms with van der Waals surface area (Å²) in [7, 11) is 3.36. The highest BCUT2D eigenvalue weighted by Crippen LogP contribution is 2.33. The molecule has 10 heteroatoms. The van der Waals surface area contributed by atoms with Crippen LogP contribution in [0.1, 0.15) is 18.4 Å². The number of carbonyl (C=O) groups is 1. The lowest BCUT2D eigenvalue weighted by molar-refractivity contribution is -0.152. The van der Waals surface area contributed by atoms with Crippen molar-refractivity contribution in [3.8, 4) is 5.75 Å². The van der Waals surface area contributed by atoms with Crippen molar-refractivity contribution in [3.05, 3.63) is 53.1 Å². The normalized spacial score (nSPS) is 18.5. The number of carboxylic acids is 1. The molecule has 4 rings (SSSR count). The SMILES string of the molecule is COc1cc2ncnc(Nc3cccc(Cl)c3F)c2cc1CN(C)C1(C(=O)O)CCCNC1. The number of fused-ring (bicyclic) bond motifs is 1. The van der Waals surface area contributed by atoms with E-state index in [0.29, 0.717) is 42.0 Å². The number of piperidine rings is 1. The minimum Gasteiger partial charge on any atom is -0.496 e. The van der Waals surface area contributed by atoms with Gasteiger partial charge in [0.1, 0.15) is 23.4 Å². The first kappa shape index (κ1) is 23.2. The second-order valence-electron chi connectivity index (χ2n) is 8.10. The van der Waals surface area contributed by atoms with Gasteiger partial charge in [0.05, 0.1) is 23.3 Å². The summed E-state index contributed by atoms with van der Waals surface area (Å²) in [5, 5.41) is 16.8. The van der Waals surface area contributed by atoms with E-state index in [4.69, 9.17) is 16.3 Å². The molecule has 3 aromatic rings. The third kappa shape index (κ3) is 4.44. The van der Waals surface area contributed by atoms with Gasteiger partial charge in [-0.1, -0.05) is 17.7 Å². The molecule has 33 heavy (non-hydrogen) atoms. The molecule has 0 radical (unpaired) electrons. The third-order valence-corrected chi connectivity index (χ3v) is 6.43. The molecule has 0 spiro atoms. The maximum Gasteiger partial charge on any atom is 0.325 e. The molecule has 1 aliphatic rings. The lowest BCUT2D eigenvalue weighted by atomic mass is 9.88. The Morgan fingerprint density at radius 2 is 2.21 bits per heavy atom. The number of nitrogens with zero attached hydrogens (tertiary/aromatic N) is 3. The van der Waals surface area contributed by atoms with E-state index in [1.165, 1.54) is 12.4 Å². The van der Waals surface area contributed by atoms with Crippen LogP contribution < -0.4 is 15.4 Å². The Kier molecular flexibility index (Phi) is 6.64. The molecule has 0 aliphatic carbocycles. The monoisotopic (exact) mass is 473 g/mol. The highest BCUT2D eigenvalue weighted by Gasteiger charge is 2.43. The van der Waals surface area contributed by atoms with Crippen LogP contribution in [0.4, 0.5) is 15.9 Å². The molecule has 2 aromatic carbocycles. The fraction of sp³-hybridized carbons (Fsp3) is 0.348. The summed E-state index contributed by atoms with van der Waals surface area (Å²) < 4.78 is 20.0. The molecule has 2 heterocycles. The smallest absolute Gasteiger partial charge is 0.325 e. The van der Waals surface area contributed by atoms with Crippen LogP contribution in [0.25, 0.3) is 10.9 Å². The standard InChI is InChI=1S/C23H25ClFN5O3/c1-30(23(22(31)32)7-4-8-26-12-23)11-14-9-15-18(10-19(14)33-2)27-13-28-21(15)29-17-6-3-5-16(24)20(17)25/h3,5-6,9-10,13,26H,4,7-8,11-12H2,1-2H3,(H,31,32)(H,27,28,29). The minimum absolute atomic E-state index is 0.00223. The maximum absolute atomic E-state index is 14.5. The second-order valence-corrected chi connectivity index (χ2v) is 8.51. The molecule has 8 nitrogen and oxygen atoms in total. The number of hydrogen-bond acceptors (Lipinski definition) is 7. The Hall–Kier alpha value is -3.01. The van der Waals surface area contributed by atoms with Gasteiger partial charge in [-0.2, -0.15) is 0 Å². The Bertz CT molecular complexity index is 1190. The zero-order valence-electron chi connectivity index (χ0n) is 18.4. The number of rotatable bonds is 7. The molecular formula is C23H25ClFN5O3. The van der Waals surface area contributed by atoms with Gasteiger partial charge in [0.25, 0.3) is 0 Å². The first-order chi connectivity index (χ1) is 15.9. The van der Waals surface area contributed by atoms with Gasteiger partial charge < -0.3 is 20.5 Å². The first-order valence-corrected chi connectivity index (χ1v) is 10.9. The van der Waals surface area contributed by atoms with Gasteiger partial charge in [0.15, 0.2) is 5.82 Å². The summed E-state index contributed by atoms with van der Waals surface area (Å²) in [4.78, 5) is 22.6. The van der Waals surface area contributed by atoms with Crippen molar-refractivity contribution in [1.29, 1.82) is 0 Å². The van der Waals surface area contributed by atoms with E-state index in [2.05, 4.69) is 20.6 Å². The van der Waals surface area contributed by atoms with Crippen molar-refractivity contribution >= 4 is 40.0 Å². The van der Waals surface area contributed by atoms with Gasteiger partial charge in [-0.05, 0) is 44.6 Å². The molecule has 174 valence electrons.